The number of nitrogens with zero attached hydrogens (tertiary/aromatic N) is 2. The lowest BCUT2D eigenvalue weighted by atomic mass is 10.0. The number of hydrogen-bond donors (Lipinski definition) is 1. The standard InChI is InChI=1S/C18H14ClN3O2/c1-22-17-13-7-2-3-8-15(13)24-10-14(17)16(21-22)18(23)20-12-6-4-5-11(19)9-12/h2-9H,10H2,1H3,(H,20,23). The lowest BCUT2D eigenvalue weighted by molar-refractivity contribution is 0.101. The minimum atomic E-state index is -0.280. The molecule has 0 radical (unpaired) electrons. The van der Waals surface area contributed by atoms with E-state index >= 15 is 0 Å². The molecule has 2 heterocycles. The Labute approximate surface area is 143 Å². The zero-order chi connectivity index (χ0) is 16.7. The molecule has 6 heteroatoms. The fourth-order valence-corrected chi connectivity index (χ4v) is 3.11. The lowest BCUT2D eigenvalue weighted by Crippen LogP contribution is -2.16. The van der Waals surface area contributed by atoms with Crippen LogP contribution in [-0.4, -0.2) is 15.7 Å². The van der Waals surface area contributed by atoms with Gasteiger partial charge in [0.05, 0.1) is 5.69 Å². The molecular weight excluding hydrogens is 326 g/mol. The van der Waals surface area contributed by atoms with Crippen molar-refractivity contribution in [1.29, 1.82) is 0 Å². The summed E-state index contributed by atoms with van der Waals surface area (Å²) in [5.41, 5.74) is 3.63. The second kappa shape index (κ2) is 5.69. The van der Waals surface area contributed by atoms with Crippen LogP contribution in [0, 0.1) is 0 Å². The SMILES string of the molecule is Cn1nc(C(=O)Nc2cccc(Cl)c2)c2c1-c1ccccc1OC2. The molecule has 1 amide bonds. The van der Waals surface area contributed by atoms with Gasteiger partial charge < -0.3 is 10.1 Å². The number of ether oxygens (including phenoxy) is 1. The molecule has 1 aliphatic rings. The van der Waals surface area contributed by atoms with Crippen LogP contribution >= 0.6 is 11.6 Å². The van der Waals surface area contributed by atoms with E-state index in [0.717, 1.165) is 22.6 Å². The predicted molar refractivity (Wildman–Crippen MR) is 92.4 cm³/mol. The summed E-state index contributed by atoms with van der Waals surface area (Å²) in [4.78, 5) is 12.6. The van der Waals surface area contributed by atoms with Crippen LogP contribution in [0.5, 0.6) is 5.75 Å². The summed E-state index contributed by atoms with van der Waals surface area (Å²) >= 11 is 5.96. The van der Waals surface area contributed by atoms with Crippen LogP contribution in [0.1, 0.15) is 16.1 Å². The number of aryl methyl sites for hydroxylation is 1. The first-order chi connectivity index (χ1) is 11.6. The van der Waals surface area contributed by atoms with E-state index in [2.05, 4.69) is 10.4 Å². The molecule has 5 nitrogen and oxygen atoms in total. The number of carbonyl (C=O) groups excluding carboxylic acids is 1. The Morgan fingerprint density at radius 2 is 2.08 bits per heavy atom. The maximum Gasteiger partial charge on any atom is 0.276 e. The Bertz CT molecular complexity index is 949. The monoisotopic (exact) mass is 339 g/mol. The average molecular weight is 340 g/mol. The summed E-state index contributed by atoms with van der Waals surface area (Å²) in [5, 5.41) is 7.80. The molecule has 0 unspecified atom stereocenters. The second-order valence-electron chi connectivity index (χ2n) is 5.55. The maximum absolute atomic E-state index is 12.6. The van der Waals surface area contributed by atoms with E-state index in [1.807, 2.05) is 31.3 Å². The molecule has 24 heavy (non-hydrogen) atoms. The number of para-hydroxylation sites is 1. The number of carbonyl (C=O) groups is 1. The Hall–Kier alpha value is -2.79. The fraction of sp³-hybridized carbons (Fsp3) is 0.111. The molecule has 0 bridgehead atoms. The number of halogens is 1. The molecule has 1 aliphatic heterocycles. The second-order valence-corrected chi connectivity index (χ2v) is 5.99. The van der Waals surface area contributed by atoms with Gasteiger partial charge in [-0.2, -0.15) is 5.10 Å². The van der Waals surface area contributed by atoms with E-state index < -0.39 is 0 Å². The first-order valence-corrected chi connectivity index (χ1v) is 7.86. The smallest absolute Gasteiger partial charge is 0.276 e. The van der Waals surface area contributed by atoms with Crippen LogP contribution < -0.4 is 10.1 Å². The molecule has 2 aromatic carbocycles. The van der Waals surface area contributed by atoms with Crippen molar-refractivity contribution in [3.63, 3.8) is 0 Å². The number of nitrogens with one attached hydrogen (secondary N) is 1. The highest BCUT2D eigenvalue weighted by Gasteiger charge is 2.28. The summed E-state index contributed by atoms with van der Waals surface area (Å²) in [6.07, 6.45) is 0. The van der Waals surface area contributed by atoms with Crippen LogP contribution in [0.2, 0.25) is 5.02 Å². The number of benzene rings is 2. The Morgan fingerprint density at radius 1 is 1.25 bits per heavy atom. The van der Waals surface area contributed by atoms with Gasteiger partial charge in [0.1, 0.15) is 12.4 Å². The zero-order valence-electron chi connectivity index (χ0n) is 12.9. The van der Waals surface area contributed by atoms with Crippen molar-refractivity contribution in [2.24, 2.45) is 7.05 Å². The highest BCUT2D eigenvalue weighted by atomic mass is 35.5. The molecule has 3 aromatic rings. The summed E-state index contributed by atoms with van der Waals surface area (Å²) in [6.45, 7) is 0.318. The zero-order valence-corrected chi connectivity index (χ0v) is 13.7. The summed E-state index contributed by atoms with van der Waals surface area (Å²) in [5.74, 6) is 0.520. The maximum atomic E-state index is 12.6. The van der Waals surface area contributed by atoms with Crippen molar-refractivity contribution in [3.05, 3.63) is 64.8 Å². The largest absolute Gasteiger partial charge is 0.488 e. The van der Waals surface area contributed by atoms with E-state index in [0.29, 0.717) is 23.0 Å². The molecule has 120 valence electrons. The van der Waals surface area contributed by atoms with Crippen LogP contribution in [0.25, 0.3) is 11.3 Å². The van der Waals surface area contributed by atoms with E-state index in [-0.39, 0.29) is 5.91 Å². The number of rotatable bonds is 2. The third-order valence-corrected chi connectivity index (χ3v) is 4.19. The van der Waals surface area contributed by atoms with Gasteiger partial charge in [0.15, 0.2) is 5.69 Å². The first-order valence-electron chi connectivity index (χ1n) is 7.48. The highest BCUT2D eigenvalue weighted by Crippen LogP contribution is 2.38. The van der Waals surface area contributed by atoms with Crippen LogP contribution in [0.4, 0.5) is 5.69 Å². The minimum absolute atomic E-state index is 0.280. The van der Waals surface area contributed by atoms with Gasteiger partial charge in [-0.05, 0) is 30.3 Å². The Kier molecular flexibility index (Phi) is 3.50. The average Bonchev–Trinajstić information content (AvgIpc) is 2.92. The molecule has 0 fully saturated rings. The van der Waals surface area contributed by atoms with Crippen LogP contribution in [0.3, 0.4) is 0 Å². The fourth-order valence-electron chi connectivity index (χ4n) is 2.92. The molecular formula is C18H14ClN3O2. The van der Waals surface area contributed by atoms with E-state index in [4.69, 9.17) is 16.3 Å². The van der Waals surface area contributed by atoms with Gasteiger partial charge in [0.2, 0.25) is 0 Å². The van der Waals surface area contributed by atoms with Gasteiger partial charge in [-0.1, -0.05) is 29.8 Å². The van der Waals surface area contributed by atoms with Gasteiger partial charge in [-0.15, -0.1) is 0 Å². The van der Waals surface area contributed by atoms with Gasteiger partial charge in [-0.3, -0.25) is 9.48 Å². The van der Waals surface area contributed by atoms with Crippen LogP contribution in [-0.2, 0) is 13.7 Å². The van der Waals surface area contributed by atoms with Gasteiger partial charge in [-0.25, -0.2) is 0 Å². The Morgan fingerprint density at radius 3 is 2.92 bits per heavy atom. The molecule has 0 atom stereocenters. The van der Waals surface area contributed by atoms with Crippen molar-refractivity contribution in [2.75, 3.05) is 5.32 Å². The number of aromatic nitrogens is 2. The normalized spacial score (nSPS) is 12.1. The van der Waals surface area contributed by atoms with Crippen molar-refractivity contribution >= 4 is 23.2 Å². The summed E-state index contributed by atoms with van der Waals surface area (Å²) in [7, 11) is 1.83. The molecule has 1 N–H and O–H groups in total. The number of fused-ring (bicyclic) bond motifs is 3. The molecule has 0 spiro atoms. The number of anilines is 1. The summed E-state index contributed by atoms with van der Waals surface area (Å²) in [6, 6.07) is 14.8. The molecule has 0 saturated heterocycles. The molecule has 0 aliphatic carbocycles. The van der Waals surface area contributed by atoms with Gasteiger partial charge >= 0.3 is 0 Å². The predicted octanol–water partition coefficient (Wildman–Crippen LogP) is 3.89. The minimum Gasteiger partial charge on any atom is -0.488 e. The first kappa shape index (κ1) is 14.8. The number of hydrogen-bond acceptors (Lipinski definition) is 3. The summed E-state index contributed by atoms with van der Waals surface area (Å²) < 4.78 is 7.49. The van der Waals surface area contributed by atoms with Gasteiger partial charge in [0, 0.05) is 28.9 Å². The van der Waals surface area contributed by atoms with Crippen molar-refractivity contribution in [3.8, 4) is 17.0 Å². The van der Waals surface area contributed by atoms with E-state index in [1.54, 1.807) is 28.9 Å². The number of amides is 1. The van der Waals surface area contributed by atoms with E-state index in [9.17, 15) is 4.79 Å². The molecule has 1 aromatic heterocycles. The topological polar surface area (TPSA) is 56.2 Å². The van der Waals surface area contributed by atoms with Crippen molar-refractivity contribution in [1.82, 2.24) is 9.78 Å². The third-order valence-electron chi connectivity index (χ3n) is 3.96. The Balaban J connectivity index is 1.72. The van der Waals surface area contributed by atoms with Crippen molar-refractivity contribution < 1.29 is 9.53 Å². The lowest BCUT2D eigenvalue weighted by Gasteiger charge is -2.18. The quantitative estimate of drug-likeness (QED) is 0.770. The molecule has 4 rings (SSSR count). The van der Waals surface area contributed by atoms with Crippen LogP contribution in [0.15, 0.2) is 48.5 Å². The van der Waals surface area contributed by atoms with E-state index in [1.165, 1.54) is 0 Å². The third kappa shape index (κ3) is 2.43. The van der Waals surface area contributed by atoms with Gasteiger partial charge in [0.25, 0.3) is 5.91 Å². The highest BCUT2D eigenvalue weighted by molar-refractivity contribution is 6.31. The molecule has 0 saturated carbocycles. The van der Waals surface area contributed by atoms with Crippen molar-refractivity contribution in [2.45, 2.75) is 6.61 Å².